The number of piperidine rings is 1. The lowest BCUT2D eigenvalue weighted by Crippen LogP contribution is -2.40. The van der Waals surface area contributed by atoms with E-state index in [1.807, 2.05) is 24.0 Å². The number of phenols is 1. The maximum atomic E-state index is 12.8. The first-order valence-electron chi connectivity index (χ1n) is 9.18. The third kappa shape index (κ3) is 4.22. The van der Waals surface area contributed by atoms with E-state index in [1.165, 1.54) is 17.5 Å². The van der Waals surface area contributed by atoms with Crippen LogP contribution in [0.15, 0.2) is 42.5 Å². The minimum Gasteiger partial charge on any atom is -0.508 e. The average Bonchev–Trinajstić information content (AvgIpc) is 2.63. The fraction of sp³-hybridized carbons (Fsp3) is 0.409. The van der Waals surface area contributed by atoms with Gasteiger partial charge in [-0.3, -0.25) is 4.79 Å². The second-order valence-electron chi connectivity index (χ2n) is 7.23. The molecule has 2 aromatic carbocycles. The van der Waals surface area contributed by atoms with Crippen LogP contribution in [0.5, 0.6) is 5.75 Å². The van der Waals surface area contributed by atoms with Gasteiger partial charge in [0, 0.05) is 18.7 Å². The first-order valence-corrected chi connectivity index (χ1v) is 9.18. The van der Waals surface area contributed by atoms with Crippen molar-refractivity contribution in [3.8, 4) is 5.75 Å². The highest BCUT2D eigenvalue weighted by molar-refractivity contribution is 5.94. The molecule has 0 unspecified atom stereocenters. The lowest BCUT2D eigenvalue weighted by Gasteiger charge is -2.33. The summed E-state index contributed by atoms with van der Waals surface area (Å²) in [7, 11) is 0. The van der Waals surface area contributed by atoms with Gasteiger partial charge in [0.2, 0.25) is 0 Å². The molecule has 0 aliphatic carbocycles. The minimum absolute atomic E-state index is 0.0379. The normalized spacial score (nSPS) is 17.5. The molecule has 0 spiro atoms. The average molecular weight is 337 g/mol. The molecule has 1 fully saturated rings. The first kappa shape index (κ1) is 17.5. The number of hydrogen-bond donors (Lipinski definition) is 1. The number of benzene rings is 2. The number of hydrogen-bond acceptors (Lipinski definition) is 2. The van der Waals surface area contributed by atoms with Gasteiger partial charge < -0.3 is 10.0 Å². The van der Waals surface area contributed by atoms with Crippen molar-refractivity contribution in [2.24, 2.45) is 5.92 Å². The molecular formula is C22H27NO2. The number of phenolic OH excluding ortho intramolecular Hbond substituents is 1. The van der Waals surface area contributed by atoms with Crippen molar-refractivity contribution < 1.29 is 9.90 Å². The van der Waals surface area contributed by atoms with Crippen LogP contribution in [0, 0.1) is 19.8 Å². The molecule has 0 aromatic heterocycles. The number of carbonyl (C=O) groups excluding carboxylic acids is 1. The molecular weight excluding hydrogens is 310 g/mol. The molecule has 1 saturated heterocycles. The Morgan fingerprint density at radius 3 is 2.72 bits per heavy atom. The molecule has 3 heteroatoms. The third-order valence-corrected chi connectivity index (χ3v) is 5.35. The standard InChI is InChI=1S/C22H27NO2/c1-16-6-3-4-8-19(16)12-10-18-7-5-13-23(15-18)22(25)20-11-9-17(2)21(24)14-20/h3-4,6,8-9,11,14,18,24H,5,7,10,12-13,15H2,1-2H3/t18-/m1/s1. The van der Waals surface area contributed by atoms with Crippen LogP contribution in [-0.2, 0) is 6.42 Å². The third-order valence-electron chi connectivity index (χ3n) is 5.35. The monoisotopic (exact) mass is 337 g/mol. The summed E-state index contributed by atoms with van der Waals surface area (Å²) in [6, 6.07) is 13.8. The van der Waals surface area contributed by atoms with Gasteiger partial charge in [0.1, 0.15) is 5.75 Å². The molecule has 25 heavy (non-hydrogen) atoms. The smallest absolute Gasteiger partial charge is 0.253 e. The van der Waals surface area contributed by atoms with Gasteiger partial charge in [-0.25, -0.2) is 0 Å². The Labute approximate surface area is 150 Å². The van der Waals surface area contributed by atoms with Crippen molar-refractivity contribution in [1.29, 1.82) is 0 Å². The number of likely N-dealkylation sites (tertiary alicyclic amines) is 1. The molecule has 1 aliphatic rings. The van der Waals surface area contributed by atoms with Crippen LogP contribution in [0.25, 0.3) is 0 Å². The molecule has 1 aliphatic heterocycles. The highest BCUT2D eigenvalue weighted by atomic mass is 16.3. The second kappa shape index (κ2) is 7.73. The second-order valence-corrected chi connectivity index (χ2v) is 7.23. The van der Waals surface area contributed by atoms with Crippen molar-refractivity contribution in [2.75, 3.05) is 13.1 Å². The number of rotatable bonds is 4. The molecule has 3 nitrogen and oxygen atoms in total. The maximum Gasteiger partial charge on any atom is 0.253 e. The summed E-state index contributed by atoms with van der Waals surface area (Å²) < 4.78 is 0. The summed E-state index contributed by atoms with van der Waals surface area (Å²) in [5.41, 5.74) is 4.14. The van der Waals surface area contributed by atoms with Crippen molar-refractivity contribution >= 4 is 5.91 Å². The van der Waals surface area contributed by atoms with Gasteiger partial charge in [-0.1, -0.05) is 30.3 Å². The van der Waals surface area contributed by atoms with Crippen LogP contribution >= 0.6 is 0 Å². The predicted molar refractivity (Wildman–Crippen MR) is 101 cm³/mol. The highest BCUT2D eigenvalue weighted by Gasteiger charge is 2.24. The summed E-state index contributed by atoms with van der Waals surface area (Å²) in [5.74, 6) is 0.784. The zero-order chi connectivity index (χ0) is 17.8. The minimum atomic E-state index is 0.0379. The van der Waals surface area contributed by atoms with E-state index >= 15 is 0 Å². The van der Waals surface area contributed by atoms with Gasteiger partial charge >= 0.3 is 0 Å². The zero-order valence-corrected chi connectivity index (χ0v) is 15.2. The van der Waals surface area contributed by atoms with Gasteiger partial charge in [0.15, 0.2) is 0 Å². The Bertz CT molecular complexity index is 753. The fourth-order valence-corrected chi connectivity index (χ4v) is 3.66. The fourth-order valence-electron chi connectivity index (χ4n) is 3.66. The molecule has 0 saturated carbocycles. The molecule has 1 amide bonds. The SMILES string of the molecule is Cc1ccc(C(=O)N2CCC[C@H](CCc3ccccc3C)C2)cc1O. The van der Waals surface area contributed by atoms with Crippen LogP contribution in [0.3, 0.4) is 0 Å². The lowest BCUT2D eigenvalue weighted by molar-refractivity contribution is 0.0668. The van der Waals surface area contributed by atoms with Crippen molar-refractivity contribution in [3.63, 3.8) is 0 Å². The van der Waals surface area contributed by atoms with E-state index in [0.29, 0.717) is 11.5 Å². The Morgan fingerprint density at radius 1 is 1.16 bits per heavy atom. The van der Waals surface area contributed by atoms with Gasteiger partial charge in [-0.2, -0.15) is 0 Å². The number of aromatic hydroxyl groups is 1. The molecule has 3 rings (SSSR count). The number of nitrogens with zero attached hydrogens (tertiary/aromatic N) is 1. The van der Waals surface area contributed by atoms with Gasteiger partial charge in [0.25, 0.3) is 5.91 Å². The summed E-state index contributed by atoms with van der Waals surface area (Å²) in [5, 5.41) is 9.86. The van der Waals surface area contributed by atoms with E-state index in [2.05, 4.69) is 31.2 Å². The maximum absolute atomic E-state index is 12.8. The molecule has 0 bridgehead atoms. The summed E-state index contributed by atoms with van der Waals surface area (Å²) in [6.07, 6.45) is 4.44. The Kier molecular flexibility index (Phi) is 5.42. The molecule has 2 aromatic rings. The van der Waals surface area contributed by atoms with Crippen LogP contribution in [0.4, 0.5) is 0 Å². The van der Waals surface area contributed by atoms with Crippen molar-refractivity contribution in [1.82, 2.24) is 4.90 Å². The Morgan fingerprint density at radius 2 is 1.96 bits per heavy atom. The van der Waals surface area contributed by atoms with Crippen molar-refractivity contribution in [3.05, 3.63) is 64.7 Å². The van der Waals surface area contributed by atoms with Crippen LogP contribution in [-0.4, -0.2) is 29.0 Å². The van der Waals surface area contributed by atoms with E-state index in [-0.39, 0.29) is 11.7 Å². The van der Waals surface area contributed by atoms with Gasteiger partial charge in [-0.15, -0.1) is 0 Å². The zero-order valence-electron chi connectivity index (χ0n) is 15.2. The van der Waals surface area contributed by atoms with E-state index in [4.69, 9.17) is 0 Å². The van der Waals surface area contributed by atoms with Crippen molar-refractivity contribution in [2.45, 2.75) is 39.5 Å². The van der Waals surface area contributed by atoms with Crippen LogP contribution in [0.1, 0.15) is 46.3 Å². The van der Waals surface area contributed by atoms with E-state index in [0.717, 1.165) is 37.9 Å². The van der Waals surface area contributed by atoms with Crippen LogP contribution in [0.2, 0.25) is 0 Å². The summed E-state index contributed by atoms with van der Waals surface area (Å²) >= 11 is 0. The Hall–Kier alpha value is -2.29. The number of amides is 1. The van der Waals surface area contributed by atoms with E-state index in [1.54, 1.807) is 6.07 Å². The lowest BCUT2D eigenvalue weighted by atomic mass is 9.90. The quantitative estimate of drug-likeness (QED) is 0.893. The molecule has 1 heterocycles. The predicted octanol–water partition coefficient (Wildman–Crippen LogP) is 4.49. The first-order chi connectivity index (χ1) is 12.0. The van der Waals surface area contributed by atoms with E-state index < -0.39 is 0 Å². The molecule has 0 radical (unpaired) electrons. The largest absolute Gasteiger partial charge is 0.508 e. The summed E-state index contributed by atoms with van der Waals surface area (Å²) in [6.45, 7) is 5.63. The number of aryl methyl sites for hydroxylation is 3. The highest BCUT2D eigenvalue weighted by Crippen LogP contribution is 2.25. The Balaban J connectivity index is 1.61. The van der Waals surface area contributed by atoms with Gasteiger partial charge in [0.05, 0.1) is 0 Å². The van der Waals surface area contributed by atoms with E-state index in [9.17, 15) is 9.90 Å². The summed E-state index contributed by atoms with van der Waals surface area (Å²) in [4.78, 5) is 14.7. The van der Waals surface area contributed by atoms with Crippen LogP contribution < -0.4 is 0 Å². The topological polar surface area (TPSA) is 40.5 Å². The van der Waals surface area contributed by atoms with Gasteiger partial charge in [-0.05, 0) is 74.3 Å². The molecule has 1 atom stereocenters. The number of carbonyl (C=O) groups is 1. The molecule has 1 N–H and O–H groups in total. The molecule has 132 valence electrons.